The summed E-state index contributed by atoms with van der Waals surface area (Å²) >= 11 is 2.47. The van der Waals surface area contributed by atoms with E-state index in [1.807, 2.05) is 13.8 Å². The molecule has 3 heteroatoms. The zero-order valence-corrected chi connectivity index (χ0v) is 11.8. The summed E-state index contributed by atoms with van der Waals surface area (Å²) in [5, 5.41) is 0. The van der Waals surface area contributed by atoms with Crippen LogP contribution in [0, 0.1) is 0 Å². The fourth-order valence-electron chi connectivity index (χ4n) is 2.15. The molecule has 1 aromatic carbocycles. The van der Waals surface area contributed by atoms with Crippen molar-refractivity contribution in [3.8, 4) is 0 Å². The van der Waals surface area contributed by atoms with E-state index in [-0.39, 0.29) is 12.4 Å². The molecule has 3 atom stereocenters. The van der Waals surface area contributed by atoms with Crippen LogP contribution in [-0.4, -0.2) is 16.8 Å². The van der Waals surface area contributed by atoms with Crippen molar-refractivity contribution in [3.05, 3.63) is 35.4 Å². The number of hydrogen-bond acceptors (Lipinski definition) is 2. The van der Waals surface area contributed by atoms with Gasteiger partial charge >= 0.3 is 0 Å². The minimum atomic E-state index is -0.126. The van der Waals surface area contributed by atoms with Crippen LogP contribution >= 0.6 is 22.6 Å². The summed E-state index contributed by atoms with van der Waals surface area (Å²) in [6.07, 6.45) is 1.15. The minimum absolute atomic E-state index is 0.126. The van der Waals surface area contributed by atoms with E-state index in [9.17, 15) is 0 Å². The topological polar surface area (TPSA) is 18.5 Å². The summed E-state index contributed by atoms with van der Waals surface area (Å²) in [7, 11) is 0. The lowest BCUT2D eigenvalue weighted by Crippen LogP contribution is -2.20. The van der Waals surface area contributed by atoms with Gasteiger partial charge in [-0.3, -0.25) is 0 Å². The third kappa shape index (κ3) is 2.57. The Balaban J connectivity index is 2.10. The Hall–Kier alpha value is -0.130. The molecule has 0 saturated carbocycles. The van der Waals surface area contributed by atoms with Crippen LogP contribution in [0.25, 0.3) is 0 Å². The molecule has 0 aliphatic heterocycles. The molecule has 0 N–H and O–H groups in total. The molecule has 88 valence electrons. The molecule has 16 heavy (non-hydrogen) atoms. The first kappa shape index (κ1) is 12.3. The van der Waals surface area contributed by atoms with Gasteiger partial charge < -0.3 is 9.47 Å². The normalized spacial score (nSPS) is 25.4. The van der Waals surface area contributed by atoms with Crippen molar-refractivity contribution >= 4 is 22.6 Å². The highest BCUT2D eigenvalue weighted by molar-refractivity contribution is 14.1. The summed E-state index contributed by atoms with van der Waals surface area (Å²) in [6, 6.07) is 8.53. The average Bonchev–Trinajstić information content (AvgIpc) is 2.56. The van der Waals surface area contributed by atoms with Crippen LogP contribution in [0.2, 0.25) is 0 Å². The SMILES string of the molecule is CCOC(C)OC1c2ccccc2CC1I. The van der Waals surface area contributed by atoms with Crippen molar-refractivity contribution in [2.45, 2.75) is 36.6 Å². The lowest BCUT2D eigenvalue weighted by atomic mass is 10.1. The summed E-state index contributed by atoms with van der Waals surface area (Å²) in [6.45, 7) is 4.65. The second kappa shape index (κ2) is 5.47. The monoisotopic (exact) mass is 332 g/mol. The first-order valence-corrected chi connectivity index (χ1v) is 6.96. The third-order valence-electron chi connectivity index (χ3n) is 2.84. The standard InChI is InChI=1S/C13H17IO2/c1-3-15-9(2)16-13-11-7-5-4-6-10(11)8-12(13)14/h4-7,9,12-13H,3,8H2,1-2H3. The molecule has 0 aromatic heterocycles. The van der Waals surface area contributed by atoms with Crippen molar-refractivity contribution in [1.29, 1.82) is 0 Å². The maximum atomic E-state index is 5.96. The Morgan fingerprint density at radius 3 is 2.94 bits per heavy atom. The molecule has 0 fully saturated rings. The van der Waals surface area contributed by atoms with E-state index >= 15 is 0 Å². The lowest BCUT2D eigenvalue weighted by Gasteiger charge is -2.21. The van der Waals surface area contributed by atoms with Gasteiger partial charge in [-0.05, 0) is 31.4 Å². The molecule has 0 radical (unpaired) electrons. The Kier molecular flexibility index (Phi) is 4.21. The van der Waals surface area contributed by atoms with E-state index < -0.39 is 0 Å². The van der Waals surface area contributed by atoms with Crippen LogP contribution in [0.3, 0.4) is 0 Å². The molecule has 0 spiro atoms. The highest BCUT2D eigenvalue weighted by Crippen LogP contribution is 2.39. The maximum absolute atomic E-state index is 5.96. The van der Waals surface area contributed by atoms with Gasteiger partial charge in [0.2, 0.25) is 0 Å². The van der Waals surface area contributed by atoms with Crippen molar-refractivity contribution in [3.63, 3.8) is 0 Å². The third-order valence-corrected chi connectivity index (χ3v) is 3.94. The van der Waals surface area contributed by atoms with Gasteiger partial charge in [-0.1, -0.05) is 46.9 Å². The smallest absolute Gasteiger partial charge is 0.155 e. The van der Waals surface area contributed by atoms with Crippen LogP contribution in [-0.2, 0) is 15.9 Å². The Labute approximate surface area is 110 Å². The predicted octanol–water partition coefficient (Wildman–Crippen LogP) is 3.49. The molecule has 2 rings (SSSR count). The number of halogens is 1. The maximum Gasteiger partial charge on any atom is 0.155 e. The Morgan fingerprint density at radius 1 is 1.44 bits per heavy atom. The van der Waals surface area contributed by atoms with Crippen molar-refractivity contribution in [2.75, 3.05) is 6.61 Å². The lowest BCUT2D eigenvalue weighted by molar-refractivity contribution is -0.156. The van der Waals surface area contributed by atoms with E-state index in [2.05, 4.69) is 46.9 Å². The quantitative estimate of drug-likeness (QED) is 0.477. The zero-order valence-electron chi connectivity index (χ0n) is 9.65. The van der Waals surface area contributed by atoms with Crippen LogP contribution < -0.4 is 0 Å². The van der Waals surface area contributed by atoms with Crippen LogP contribution in [0.5, 0.6) is 0 Å². The molecule has 3 unspecified atom stereocenters. The van der Waals surface area contributed by atoms with Crippen LogP contribution in [0.4, 0.5) is 0 Å². The molecule has 1 aromatic rings. The molecular weight excluding hydrogens is 315 g/mol. The summed E-state index contributed by atoms with van der Waals surface area (Å²) < 4.78 is 11.9. The van der Waals surface area contributed by atoms with Crippen LogP contribution in [0.1, 0.15) is 31.1 Å². The fourth-order valence-corrected chi connectivity index (χ4v) is 3.18. The number of alkyl halides is 1. The number of hydrogen-bond donors (Lipinski definition) is 0. The largest absolute Gasteiger partial charge is 0.353 e. The number of rotatable bonds is 4. The summed E-state index contributed by atoms with van der Waals surface area (Å²) in [4.78, 5) is 0. The minimum Gasteiger partial charge on any atom is -0.353 e. The molecule has 1 aliphatic carbocycles. The molecule has 1 aliphatic rings. The van der Waals surface area contributed by atoms with Crippen molar-refractivity contribution < 1.29 is 9.47 Å². The first-order valence-electron chi connectivity index (χ1n) is 5.71. The molecule has 2 nitrogen and oxygen atoms in total. The van der Waals surface area contributed by atoms with Gasteiger partial charge in [-0.15, -0.1) is 0 Å². The molecule has 0 amide bonds. The van der Waals surface area contributed by atoms with E-state index in [4.69, 9.17) is 9.47 Å². The highest BCUT2D eigenvalue weighted by atomic mass is 127. The zero-order chi connectivity index (χ0) is 11.5. The van der Waals surface area contributed by atoms with Gasteiger partial charge in [0, 0.05) is 10.5 Å². The van der Waals surface area contributed by atoms with E-state index in [1.54, 1.807) is 0 Å². The molecule has 0 bridgehead atoms. The van der Waals surface area contributed by atoms with E-state index in [0.717, 1.165) is 6.42 Å². The van der Waals surface area contributed by atoms with Crippen LogP contribution in [0.15, 0.2) is 24.3 Å². The Bertz CT molecular complexity index is 354. The van der Waals surface area contributed by atoms with E-state index in [1.165, 1.54) is 11.1 Å². The summed E-state index contributed by atoms with van der Waals surface area (Å²) in [5.41, 5.74) is 2.74. The fraction of sp³-hybridized carbons (Fsp3) is 0.538. The van der Waals surface area contributed by atoms with Gasteiger partial charge in [0.15, 0.2) is 6.29 Å². The van der Waals surface area contributed by atoms with Gasteiger partial charge in [0.25, 0.3) is 0 Å². The molecule has 0 heterocycles. The number of fused-ring (bicyclic) bond motifs is 1. The second-order valence-electron chi connectivity index (χ2n) is 4.00. The number of benzene rings is 1. The average molecular weight is 332 g/mol. The second-order valence-corrected chi connectivity index (χ2v) is 5.60. The van der Waals surface area contributed by atoms with Gasteiger partial charge in [-0.2, -0.15) is 0 Å². The molecule has 0 saturated heterocycles. The molecular formula is C13H17IO2. The highest BCUT2D eigenvalue weighted by Gasteiger charge is 2.32. The van der Waals surface area contributed by atoms with Crippen molar-refractivity contribution in [2.24, 2.45) is 0 Å². The van der Waals surface area contributed by atoms with Gasteiger partial charge in [0.1, 0.15) is 0 Å². The van der Waals surface area contributed by atoms with Gasteiger partial charge in [0.05, 0.1) is 6.10 Å². The predicted molar refractivity (Wildman–Crippen MR) is 72.9 cm³/mol. The van der Waals surface area contributed by atoms with Crippen molar-refractivity contribution in [1.82, 2.24) is 0 Å². The van der Waals surface area contributed by atoms with E-state index in [0.29, 0.717) is 10.5 Å². The Morgan fingerprint density at radius 2 is 2.19 bits per heavy atom. The first-order chi connectivity index (χ1) is 7.72. The number of ether oxygens (including phenoxy) is 2. The van der Waals surface area contributed by atoms with Gasteiger partial charge in [-0.25, -0.2) is 0 Å². The summed E-state index contributed by atoms with van der Waals surface area (Å²) in [5.74, 6) is 0.